The van der Waals surface area contributed by atoms with Gasteiger partial charge in [0, 0.05) is 5.41 Å². The lowest BCUT2D eigenvalue weighted by atomic mass is 9.90. The van der Waals surface area contributed by atoms with Gasteiger partial charge in [-0.05, 0) is 42.9 Å². The standard InChI is InChI=1S/C14H18ClN3/c1-4-14(2,3)13-16-12-8-10(9-5-6-9)7-11(15)18(12)17-13/h7-9H,4-6H2,1-3H3. The van der Waals surface area contributed by atoms with Crippen LogP contribution in [0, 0.1) is 0 Å². The zero-order valence-corrected chi connectivity index (χ0v) is 11.8. The van der Waals surface area contributed by atoms with Gasteiger partial charge in [0.25, 0.3) is 0 Å². The zero-order chi connectivity index (χ0) is 12.9. The van der Waals surface area contributed by atoms with Crippen molar-refractivity contribution in [3.05, 3.63) is 28.7 Å². The van der Waals surface area contributed by atoms with E-state index in [1.165, 1.54) is 18.4 Å². The summed E-state index contributed by atoms with van der Waals surface area (Å²) in [6, 6.07) is 4.16. The molecular formula is C14H18ClN3. The Hall–Kier alpha value is -1.09. The molecule has 0 saturated heterocycles. The van der Waals surface area contributed by atoms with Crippen LogP contribution in [-0.2, 0) is 5.41 Å². The number of nitrogens with zero attached hydrogens (tertiary/aromatic N) is 3. The van der Waals surface area contributed by atoms with Crippen molar-refractivity contribution in [1.29, 1.82) is 0 Å². The number of aromatic nitrogens is 3. The summed E-state index contributed by atoms with van der Waals surface area (Å²) in [7, 11) is 0. The van der Waals surface area contributed by atoms with Crippen molar-refractivity contribution in [3.63, 3.8) is 0 Å². The van der Waals surface area contributed by atoms with Crippen LogP contribution in [0.3, 0.4) is 0 Å². The van der Waals surface area contributed by atoms with Crippen LogP contribution in [0.4, 0.5) is 0 Å². The maximum Gasteiger partial charge on any atom is 0.157 e. The summed E-state index contributed by atoms with van der Waals surface area (Å²) in [5, 5.41) is 5.22. The summed E-state index contributed by atoms with van der Waals surface area (Å²) < 4.78 is 1.75. The Kier molecular flexibility index (Phi) is 2.63. The highest BCUT2D eigenvalue weighted by Gasteiger charge is 2.27. The third-order valence-corrected chi connectivity index (χ3v) is 4.22. The minimum absolute atomic E-state index is 0.00487. The van der Waals surface area contributed by atoms with Gasteiger partial charge in [-0.3, -0.25) is 0 Å². The molecule has 3 rings (SSSR count). The van der Waals surface area contributed by atoms with Gasteiger partial charge >= 0.3 is 0 Å². The molecule has 4 heteroatoms. The van der Waals surface area contributed by atoms with Crippen LogP contribution < -0.4 is 0 Å². The predicted molar refractivity (Wildman–Crippen MR) is 73.3 cm³/mol. The first kappa shape index (κ1) is 12.0. The molecule has 0 aliphatic heterocycles. The summed E-state index contributed by atoms with van der Waals surface area (Å²) in [4.78, 5) is 4.65. The SMILES string of the molecule is CCC(C)(C)c1nc2cc(C3CC3)cc(Cl)n2n1. The number of fused-ring (bicyclic) bond motifs is 1. The van der Waals surface area contributed by atoms with Gasteiger partial charge in [-0.25, -0.2) is 9.50 Å². The Labute approximate surface area is 112 Å². The first-order valence-corrected chi connectivity index (χ1v) is 6.96. The highest BCUT2D eigenvalue weighted by molar-refractivity contribution is 6.29. The summed E-state index contributed by atoms with van der Waals surface area (Å²) in [5.41, 5.74) is 2.18. The molecule has 1 saturated carbocycles. The van der Waals surface area contributed by atoms with E-state index in [2.05, 4.69) is 36.9 Å². The molecule has 0 spiro atoms. The molecule has 1 aliphatic rings. The monoisotopic (exact) mass is 263 g/mol. The minimum atomic E-state index is -0.00487. The van der Waals surface area contributed by atoms with E-state index < -0.39 is 0 Å². The zero-order valence-electron chi connectivity index (χ0n) is 11.1. The number of rotatable bonds is 3. The van der Waals surface area contributed by atoms with Gasteiger partial charge in [0.15, 0.2) is 11.5 Å². The lowest BCUT2D eigenvalue weighted by molar-refractivity contribution is 0.473. The Morgan fingerprint density at radius 2 is 2.11 bits per heavy atom. The molecule has 1 aliphatic carbocycles. The van der Waals surface area contributed by atoms with Crippen molar-refractivity contribution in [1.82, 2.24) is 14.6 Å². The van der Waals surface area contributed by atoms with Crippen molar-refractivity contribution >= 4 is 17.2 Å². The van der Waals surface area contributed by atoms with Crippen LogP contribution in [0.25, 0.3) is 5.65 Å². The van der Waals surface area contributed by atoms with Crippen LogP contribution >= 0.6 is 11.6 Å². The Bertz CT molecular complexity index is 596. The van der Waals surface area contributed by atoms with E-state index in [-0.39, 0.29) is 5.41 Å². The molecular weight excluding hydrogens is 246 g/mol. The van der Waals surface area contributed by atoms with Crippen molar-refractivity contribution in [2.75, 3.05) is 0 Å². The maximum atomic E-state index is 6.30. The van der Waals surface area contributed by atoms with Crippen LogP contribution in [0.1, 0.15) is 57.3 Å². The van der Waals surface area contributed by atoms with Crippen molar-refractivity contribution in [2.45, 2.75) is 51.4 Å². The summed E-state index contributed by atoms with van der Waals surface area (Å²) in [6.07, 6.45) is 3.55. The molecule has 0 aromatic carbocycles. The number of hydrogen-bond donors (Lipinski definition) is 0. The molecule has 0 bridgehead atoms. The fourth-order valence-electron chi connectivity index (χ4n) is 2.06. The Morgan fingerprint density at radius 1 is 1.39 bits per heavy atom. The summed E-state index contributed by atoms with van der Waals surface area (Å²) in [6.45, 7) is 6.48. The van der Waals surface area contributed by atoms with Gasteiger partial charge in [0.1, 0.15) is 5.15 Å². The Morgan fingerprint density at radius 3 is 2.72 bits per heavy atom. The second-order valence-electron chi connectivity index (χ2n) is 5.83. The second-order valence-corrected chi connectivity index (χ2v) is 6.22. The average molecular weight is 264 g/mol. The van der Waals surface area contributed by atoms with E-state index in [1.54, 1.807) is 4.52 Å². The summed E-state index contributed by atoms with van der Waals surface area (Å²) in [5.74, 6) is 1.56. The van der Waals surface area contributed by atoms with E-state index in [0.717, 1.165) is 17.9 Å². The lowest BCUT2D eigenvalue weighted by Crippen LogP contribution is -2.17. The van der Waals surface area contributed by atoms with Crippen LogP contribution in [-0.4, -0.2) is 14.6 Å². The smallest absolute Gasteiger partial charge is 0.157 e. The fourth-order valence-corrected chi connectivity index (χ4v) is 2.31. The first-order chi connectivity index (χ1) is 8.51. The molecule has 0 radical (unpaired) electrons. The second kappa shape index (κ2) is 3.95. The van der Waals surface area contributed by atoms with Gasteiger partial charge in [0.2, 0.25) is 0 Å². The first-order valence-electron chi connectivity index (χ1n) is 6.58. The highest BCUT2D eigenvalue weighted by atomic mass is 35.5. The number of pyridine rings is 1. The van der Waals surface area contributed by atoms with Gasteiger partial charge in [-0.1, -0.05) is 32.4 Å². The molecule has 1 fully saturated rings. The topological polar surface area (TPSA) is 30.2 Å². The molecule has 0 unspecified atom stereocenters. The van der Waals surface area contributed by atoms with E-state index in [0.29, 0.717) is 11.1 Å². The van der Waals surface area contributed by atoms with Gasteiger partial charge in [-0.15, -0.1) is 5.10 Å². The van der Waals surface area contributed by atoms with Crippen LogP contribution in [0.15, 0.2) is 12.1 Å². The van der Waals surface area contributed by atoms with Crippen molar-refractivity contribution in [3.8, 4) is 0 Å². The molecule has 0 atom stereocenters. The molecule has 0 N–H and O–H groups in total. The molecule has 0 amide bonds. The number of halogens is 1. The lowest BCUT2D eigenvalue weighted by Gasteiger charge is -2.17. The minimum Gasteiger partial charge on any atom is -0.211 e. The van der Waals surface area contributed by atoms with E-state index in [4.69, 9.17) is 11.6 Å². The largest absolute Gasteiger partial charge is 0.211 e. The van der Waals surface area contributed by atoms with Crippen LogP contribution in [0.2, 0.25) is 5.15 Å². The molecule has 2 heterocycles. The van der Waals surface area contributed by atoms with E-state index >= 15 is 0 Å². The quantitative estimate of drug-likeness (QED) is 0.785. The highest BCUT2D eigenvalue weighted by Crippen LogP contribution is 2.41. The van der Waals surface area contributed by atoms with Crippen LogP contribution in [0.5, 0.6) is 0 Å². The van der Waals surface area contributed by atoms with Gasteiger partial charge in [0.05, 0.1) is 0 Å². The van der Waals surface area contributed by atoms with E-state index in [1.807, 2.05) is 6.07 Å². The van der Waals surface area contributed by atoms with Gasteiger partial charge in [-0.2, -0.15) is 0 Å². The van der Waals surface area contributed by atoms with E-state index in [9.17, 15) is 0 Å². The predicted octanol–water partition coefficient (Wildman–Crippen LogP) is 3.95. The normalized spacial score (nSPS) is 16.4. The molecule has 3 nitrogen and oxygen atoms in total. The fraction of sp³-hybridized carbons (Fsp3) is 0.571. The molecule has 2 aromatic heterocycles. The summed E-state index contributed by atoms with van der Waals surface area (Å²) >= 11 is 6.30. The Balaban J connectivity index is 2.13. The molecule has 96 valence electrons. The third kappa shape index (κ3) is 1.91. The third-order valence-electron chi connectivity index (χ3n) is 3.95. The molecule has 18 heavy (non-hydrogen) atoms. The van der Waals surface area contributed by atoms with Crippen molar-refractivity contribution < 1.29 is 0 Å². The average Bonchev–Trinajstić information content (AvgIpc) is 3.08. The molecule has 2 aromatic rings. The van der Waals surface area contributed by atoms with Crippen molar-refractivity contribution in [2.24, 2.45) is 0 Å². The van der Waals surface area contributed by atoms with Gasteiger partial charge < -0.3 is 0 Å². The number of hydrogen-bond acceptors (Lipinski definition) is 2. The maximum absolute atomic E-state index is 6.30.